The van der Waals surface area contributed by atoms with E-state index in [0.717, 1.165) is 11.3 Å². The first-order chi connectivity index (χ1) is 12.9. The number of hydrogen-bond acceptors (Lipinski definition) is 4. The highest BCUT2D eigenvalue weighted by atomic mass is 19.1. The number of carbonyl (C=O) groups is 1. The zero-order valence-corrected chi connectivity index (χ0v) is 14.7. The third-order valence-corrected chi connectivity index (χ3v) is 4.16. The van der Waals surface area contributed by atoms with Crippen molar-refractivity contribution < 1.29 is 14.1 Å². The van der Waals surface area contributed by atoms with Gasteiger partial charge in [0.1, 0.15) is 5.82 Å². The molecule has 0 bridgehead atoms. The van der Waals surface area contributed by atoms with Crippen molar-refractivity contribution in [1.82, 2.24) is 9.78 Å². The van der Waals surface area contributed by atoms with Crippen LogP contribution in [-0.4, -0.2) is 20.5 Å². The minimum absolute atomic E-state index is 0.134. The molecule has 0 fully saturated rings. The molecule has 27 heavy (non-hydrogen) atoms. The number of rotatable bonds is 5. The summed E-state index contributed by atoms with van der Waals surface area (Å²) >= 11 is 0. The van der Waals surface area contributed by atoms with Gasteiger partial charge in [-0.05, 0) is 50.3 Å². The molecule has 0 spiro atoms. The van der Waals surface area contributed by atoms with E-state index in [-0.39, 0.29) is 22.9 Å². The lowest BCUT2D eigenvalue weighted by atomic mass is 10.1. The number of ketones is 1. The summed E-state index contributed by atoms with van der Waals surface area (Å²) in [5.74, 6) is -0.671. The molecule has 136 valence electrons. The van der Waals surface area contributed by atoms with Crippen LogP contribution in [0.1, 0.15) is 27.3 Å². The van der Waals surface area contributed by atoms with Gasteiger partial charge in [0.15, 0.2) is 5.78 Å². The maximum Gasteiger partial charge on any atom is 0.270 e. The molecule has 1 aromatic heterocycles. The van der Waals surface area contributed by atoms with Gasteiger partial charge < -0.3 is 0 Å². The molecule has 1 heterocycles. The molecule has 0 N–H and O–H groups in total. The molecule has 7 heteroatoms. The Morgan fingerprint density at radius 3 is 2.56 bits per heavy atom. The van der Waals surface area contributed by atoms with E-state index in [1.54, 1.807) is 22.9 Å². The second-order valence-corrected chi connectivity index (χ2v) is 5.98. The van der Waals surface area contributed by atoms with E-state index in [9.17, 15) is 19.3 Å². The van der Waals surface area contributed by atoms with Gasteiger partial charge in [-0.25, -0.2) is 9.07 Å². The van der Waals surface area contributed by atoms with E-state index in [0.29, 0.717) is 11.4 Å². The number of aromatic nitrogens is 2. The molecule has 0 aliphatic rings. The highest BCUT2D eigenvalue weighted by molar-refractivity contribution is 6.07. The van der Waals surface area contributed by atoms with Gasteiger partial charge in [0.25, 0.3) is 5.69 Å². The van der Waals surface area contributed by atoms with Crippen LogP contribution in [0.2, 0.25) is 0 Å². The van der Waals surface area contributed by atoms with Crippen LogP contribution >= 0.6 is 0 Å². The van der Waals surface area contributed by atoms with E-state index in [1.807, 2.05) is 13.8 Å². The maximum absolute atomic E-state index is 13.1. The Morgan fingerprint density at radius 1 is 1.19 bits per heavy atom. The van der Waals surface area contributed by atoms with Crippen LogP contribution in [0.3, 0.4) is 0 Å². The molecule has 6 nitrogen and oxygen atoms in total. The van der Waals surface area contributed by atoms with Crippen LogP contribution in [0.4, 0.5) is 10.1 Å². The fraction of sp³-hybridized carbons (Fsp3) is 0.100. The standard InChI is InChI=1S/C20H16FN3O3/c1-13-19(14(2)23(22-13)17-8-6-16(21)7-9-17)10-11-20(25)15-4-3-5-18(12-15)24(26)27/h3-12H,1-2H3/b11-10+. The molecule has 3 rings (SSSR count). The second-order valence-electron chi connectivity index (χ2n) is 5.98. The highest BCUT2D eigenvalue weighted by Crippen LogP contribution is 2.20. The molecule has 0 amide bonds. The van der Waals surface area contributed by atoms with Crippen LogP contribution in [0.25, 0.3) is 11.8 Å². The lowest BCUT2D eigenvalue weighted by molar-refractivity contribution is -0.384. The Morgan fingerprint density at radius 2 is 1.89 bits per heavy atom. The molecule has 0 atom stereocenters. The number of allylic oxidation sites excluding steroid dienone is 1. The summed E-state index contributed by atoms with van der Waals surface area (Å²) < 4.78 is 14.8. The average molecular weight is 365 g/mol. The smallest absolute Gasteiger partial charge is 0.270 e. The van der Waals surface area contributed by atoms with Gasteiger partial charge in [-0.3, -0.25) is 14.9 Å². The predicted octanol–water partition coefficient (Wildman–Crippen LogP) is 4.43. The van der Waals surface area contributed by atoms with E-state index >= 15 is 0 Å². The van der Waals surface area contributed by atoms with Crippen molar-refractivity contribution in [3.63, 3.8) is 0 Å². The van der Waals surface area contributed by atoms with Crippen LogP contribution < -0.4 is 0 Å². The quantitative estimate of drug-likeness (QED) is 0.290. The molecule has 0 aliphatic carbocycles. The van der Waals surface area contributed by atoms with E-state index in [1.165, 1.54) is 42.5 Å². The first kappa shape index (κ1) is 18.2. The van der Waals surface area contributed by atoms with Crippen LogP contribution in [0, 0.1) is 29.8 Å². The van der Waals surface area contributed by atoms with Crippen molar-refractivity contribution in [2.24, 2.45) is 0 Å². The fourth-order valence-electron chi connectivity index (χ4n) is 2.76. The third-order valence-electron chi connectivity index (χ3n) is 4.16. The Kier molecular flexibility index (Phi) is 4.94. The highest BCUT2D eigenvalue weighted by Gasteiger charge is 2.13. The number of carbonyl (C=O) groups excluding carboxylic acids is 1. The minimum Gasteiger partial charge on any atom is -0.289 e. The van der Waals surface area contributed by atoms with Gasteiger partial charge in [0.2, 0.25) is 0 Å². The van der Waals surface area contributed by atoms with Gasteiger partial charge in [0, 0.05) is 29.0 Å². The number of nitrogens with zero attached hydrogens (tertiary/aromatic N) is 3. The molecule has 0 unspecified atom stereocenters. The second kappa shape index (κ2) is 7.33. The van der Waals surface area contributed by atoms with Gasteiger partial charge >= 0.3 is 0 Å². The SMILES string of the molecule is Cc1nn(-c2ccc(F)cc2)c(C)c1/C=C/C(=O)c1cccc([N+](=O)[O-])c1. The summed E-state index contributed by atoms with van der Waals surface area (Å²) in [4.78, 5) is 22.7. The number of hydrogen-bond donors (Lipinski definition) is 0. The maximum atomic E-state index is 13.1. The zero-order chi connectivity index (χ0) is 19.6. The van der Waals surface area contributed by atoms with E-state index in [2.05, 4.69) is 5.10 Å². The van der Waals surface area contributed by atoms with E-state index in [4.69, 9.17) is 0 Å². The zero-order valence-electron chi connectivity index (χ0n) is 14.7. The summed E-state index contributed by atoms with van der Waals surface area (Å²) in [7, 11) is 0. The van der Waals surface area contributed by atoms with Gasteiger partial charge in [-0.2, -0.15) is 5.10 Å². The topological polar surface area (TPSA) is 78.0 Å². The van der Waals surface area contributed by atoms with E-state index < -0.39 is 4.92 Å². The Hall–Kier alpha value is -3.61. The Bertz CT molecular complexity index is 1050. The summed E-state index contributed by atoms with van der Waals surface area (Å²) in [6.45, 7) is 3.66. The molecule has 0 saturated carbocycles. The predicted molar refractivity (Wildman–Crippen MR) is 99.5 cm³/mol. The van der Waals surface area contributed by atoms with Gasteiger partial charge in [-0.15, -0.1) is 0 Å². The number of aryl methyl sites for hydroxylation is 1. The van der Waals surface area contributed by atoms with Crippen LogP contribution in [0.15, 0.2) is 54.6 Å². The van der Waals surface area contributed by atoms with Crippen molar-refractivity contribution in [1.29, 1.82) is 0 Å². The summed E-state index contributed by atoms with van der Waals surface area (Å²) in [5, 5.41) is 15.3. The largest absolute Gasteiger partial charge is 0.289 e. The number of benzene rings is 2. The van der Waals surface area contributed by atoms with Gasteiger partial charge in [0.05, 0.1) is 16.3 Å². The van der Waals surface area contributed by atoms with Crippen molar-refractivity contribution in [3.05, 3.63) is 93.1 Å². The fourth-order valence-corrected chi connectivity index (χ4v) is 2.76. The first-order valence-corrected chi connectivity index (χ1v) is 8.16. The number of halogens is 1. The Labute approximate surface area is 154 Å². The summed E-state index contributed by atoms with van der Waals surface area (Å²) in [6, 6.07) is 11.5. The molecule has 3 aromatic rings. The molecular weight excluding hydrogens is 349 g/mol. The monoisotopic (exact) mass is 365 g/mol. The lowest BCUT2D eigenvalue weighted by Crippen LogP contribution is -1.99. The minimum atomic E-state index is -0.540. The molecule has 0 radical (unpaired) electrons. The number of non-ortho nitro benzene ring substituents is 1. The summed E-state index contributed by atoms with van der Waals surface area (Å²) in [5.41, 5.74) is 3.08. The molecular formula is C20H16FN3O3. The van der Waals surface area contributed by atoms with Gasteiger partial charge in [-0.1, -0.05) is 12.1 Å². The molecule has 0 aliphatic heterocycles. The average Bonchev–Trinajstić information content (AvgIpc) is 2.94. The number of nitro groups is 1. The molecule has 0 saturated heterocycles. The lowest BCUT2D eigenvalue weighted by Gasteiger charge is -2.04. The summed E-state index contributed by atoms with van der Waals surface area (Å²) in [6.07, 6.45) is 3.00. The normalized spacial score (nSPS) is 11.1. The third kappa shape index (κ3) is 3.82. The Balaban J connectivity index is 1.89. The van der Waals surface area contributed by atoms with Crippen molar-refractivity contribution in [2.75, 3.05) is 0 Å². The van der Waals surface area contributed by atoms with Crippen molar-refractivity contribution in [3.8, 4) is 5.69 Å². The van der Waals surface area contributed by atoms with Crippen LogP contribution in [-0.2, 0) is 0 Å². The van der Waals surface area contributed by atoms with Crippen molar-refractivity contribution >= 4 is 17.5 Å². The van der Waals surface area contributed by atoms with Crippen LogP contribution in [0.5, 0.6) is 0 Å². The first-order valence-electron chi connectivity index (χ1n) is 8.16. The van der Waals surface area contributed by atoms with Crippen molar-refractivity contribution in [2.45, 2.75) is 13.8 Å². The number of nitro benzene ring substituents is 1. The molecule has 2 aromatic carbocycles.